The molecule has 0 unspecified atom stereocenters. The van der Waals surface area contributed by atoms with Gasteiger partial charge in [-0.15, -0.1) is 0 Å². The lowest BCUT2D eigenvalue weighted by Crippen LogP contribution is -2.26. The molecule has 1 heterocycles. The van der Waals surface area contributed by atoms with Crippen LogP contribution in [0.25, 0.3) is 0 Å². The molecule has 2 N–H and O–H groups in total. The molecular weight excluding hydrogens is 473 g/mol. The van der Waals surface area contributed by atoms with E-state index in [-0.39, 0.29) is 17.9 Å². The van der Waals surface area contributed by atoms with E-state index in [1.54, 1.807) is 88.4 Å². The predicted octanol–water partition coefficient (Wildman–Crippen LogP) is 4.90. The van der Waals surface area contributed by atoms with Crippen LogP contribution in [0.3, 0.4) is 0 Å². The SMILES string of the molecule is CCOC(=O)C1=C(C)NC(C)=C(C(=O)OCC)C1.O=P(O)(Oc1ccccc1)Oc1ccccc1. The van der Waals surface area contributed by atoms with Crippen LogP contribution in [0.1, 0.15) is 34.1 Å². The van der Waals surface area contributed by atoms with E-state index in [0.29, 0.717) is 24.4 Å². The number of benzene rings is 2. The number of dihydropyridines is 1. The molecule has 3 rings (SSSR count). The Morgan fingerprint density at radius 1 is 0.800 bits per heavy atom. The summed E-state index contributed by atoms with van der Waals surface area (Å²) in [6.07, 6.45) is 0.252. The number of hydrogen-bond acceptors (Lipinski definition) is 8. The number of nitrogens with one attached hydrogen (secondary N) is 1. The Morgan fingerprint density at radius 3 is 1.51 bits per heavy atom. The molecule has 0 radical (unpaired) electrons. The maximum atomic E-state index is 11.7. The van der Waals surface area contributed by atoms with Crippen LogP contribution < -0.4 is 14.4 Å². The first-order valence-corrected chi connectivity index (χ1v) is 12.5. The average Bonchev–Trinajstić information content (AvgIpc) is 2.80. The summed E-state index contributed by atoms with van der Waals surface area (Å²) in [6.45, 7) is 7.70. The van der Waals surface area contributed by atoms with Gasteiger partial charge in [-0.2, -0.15) is 0 Å². The van der Waals surface area contributed by atoms with Crippen molar-refractivity contribution in [3.8, 4) is 11.5 Å². The van der Waals surface area contributed by atoms with E-state index in [1.807, 2.05) is 0 Å². The van der Waals surface area contributed by atoms with Gasteiger partial charge in [-0.3, -0.25) is 4.89 Å². The number of para-hydroxylation sites is 2. The van der Waals surface area contributed by atoms with E-state index in [9.17, 15) is 19.0 Å². The van der Waals surface area contributed by atoms with Gasteiger partial charge in [0.1, 0.15) is 11.5 Å². The molecule has 0 saturated carbocycles. The van der Waals surface area contributed by atoms with E-state index in [2.05, 4.69) is 5.32 Å². The van der Waals surface area contributed by atoms with Crippen LogP contribution in [0.5, 0.6) is 11.5 Å². The molecule has 2 aromatic rings. The van der Waals surface area contributed by atoms with Gasteiger partial charge < -0.3 is 23.8 Å². The Kier molecular flexibility index (Phi) is 10.6. The van der Waals surface area contributed by atoms with Crippen LogP contribution >= 0.6 is 7.82 Å². The topological polar surface area (TPSA) is 120 Å². The van der Waals surface area contributed by atoms with Crippen molar-refractivity contribution in [2.45, 2.75) is 34.1 Å². The third-order valence-electron chi connectivity index (χ3n) is 4.61. The smallest absolute Gasteiger partial charge is 0.463 e. The van der Waals surface area contributed by atoms with Crippen LogP contribution in [0.15, 0.2) is 83.2 Å². The lowest BCUT2D eigenvalue weighted by Gasteiger charge is -2.22. The summed E-state index contributed by atoms with van der Waals surface area (Å²) >= 11 is 0. The Morgan fingerprint density at radius 2 is 1.17 bits per heavy atom. The highest BCUT2D eigenvalue weighted by Gasteiger charge is 2.26. The van der Waals surface area contributed by atoms with Crippen molar-refractivity contribution in [3.63, 3.8) is 0 Å². The fourth-order valence-electron chi connectivity index (χ4n) is 3.01. The molecule has 0 amide bonds. The first kappa shape index (κ1) is 27.7. The molecular formula is C25H30NO8P. The molecule has 1 aliphatic rings. The molecule has 0 fully saturated rings. The minimum absolute atomic E-state index is 0.252. The highest BCUT2D eigenvalue weighted by molar-refractivity contribution is 7.48. The second-order valence-electron chi connectivity index (χ2n) is 7.23. The minimum atomic E-state index is -4.14. The number of phosphoric acid groups is 1. The third-order valence-corrected chi connectivity index (χ3v) is 5.49. The van der Waals surface area contributed by atoms with Crippen molar-refractivity contribution in [1.82, 2.24) is 5.32 Å². The number of carbonyl (C=O) groups excluding carboxylic acids is 2. The molecule has 35 heavy (non-hydrogen) atoms. The highest BCUT2D eigenvalue weighted by atomic mass is 31.2. The lowest BCUT2D eigenvalue weighted by molar-refractivity contribution is -0.139. The van der Waals surface area contributed by atoms with Gasteiger partial charge in [0.25, 0.3) is 0 Å². The van der Waals surface area contributed by atoms with E-state index in [1.165, 1.54) is 0 Å². The molecule has 1 aliphatic heterocycles. The van der Waals surface area contributed by atoms with Gasteiger partial charge in [0.15, 0.2) is 0 Å². The molecule has 9 nitrogen and oxygen atoms in total. The highest BCUT2D eigenvalue weighted by Crippen LogP contribution is 2.44. The van der Waals surface area contributed by atoms with Gasteiger partial charge >= 0.3 is 19.8 Å². The summed E-state index contributed by atoms with van der Waals surface area (Å²) in [6, 6.07) is 16.7. The number of allylic oxidation sites excluding steroid dienone is 2. The Labute approximate surface area is 205 Å². The van der Waals surface area contributed by atoms with Gasteiger partial charge in [-0.25, -0.2) is 14.2 Å². The van der Waals surface area contributed by atoms with E-state index < -0.39 is 19.8 Å². The van der Waals surface area contributed by atoms with Crippen LogP contribution in [0, 0.1) is 0 Å². The minimum Gasteiger partial charge on any atom is -0.463 e. The second-order valence-corrected chi connectivity index (χ2v) is 8.53. The van der Waals surface area contributed by atoms with Crippen molar-refractivity contribution in [3.05, 3.63) is 83.2 Å². The van der Waals surface area contributed by atoms with Crippen molar-refractivity contribution >= 4 is 19.8 Å². The second kappa shape index (κ2) is 13.4. The zero-order valence-corrected chi connectivity index (χ0v) is 21.0. The molecule has 0 atom stereocenters. The molecule has 0 bridgehead atoms. The fourth-order valence-corrected chi connectivity index (χ4v) is 3.82. The van der Waals surface area contributed by atoms with Gasteiger partial charge in [0.2, 0.25) is 0 Å². The largest absolute Gasteiger partial charge is 0.584 e. The number of hydrogen-bond donors (Lipinski definition) is 2. The lowest BCUT2D eigenvalue weighted by atomic mass is 9.98. The first-order valence-electron chi connectivity index (χ1n) is 11.0. The zero-order valence-electron chi connectivity index (χ0n) is 20.1. The van der Waals surface area contributed by atoms with Crippen molar-refractivity contribution in [2.24, 2.45) is 0 Å². The summed E-state index contributed by atoms with van der Waals surface area (Å²) in [5, 5.41) is 3.02. The van der Waals surface area contributed by atoms with Crippen LogP contribution in [-0.2, 0) is 23.6 Å². The number of carbonyl (C=O) groups is 2. The standard InChI is InChI=1S/C13H19NO4.C12H11O4P/c1-5-17-12(15)10-7-11(13(16)18-6-2)9(4)14-8(10)3;13-17(14,15-11-7-3-1-4-8-11)16-12-9-5-2-6-10-12/h14H,5-7H2,1-4H3;1-10H,(H,13,14). The van der Waals surface area contributed by atoms with Gasteiger partial charge in [0, 0.05) is 17.8 Å². The summed E-state index contributed by atoms with van der Waals surface area (Å²) < 4.78 is 31.4. The van der Waals surface area contributed by atoms with Gasteiger partial charge in [-0.05, 0) is 52.0 Å². The molecule has 0 aromatic heterocycles. The molecule has 10 heteroatoms. The summed E-state index contributed by atoms with van der Waals surface area (Å²) in [5.41, 5.74) is 2.40. The number of esters is 2. The predicted molar refractivity (Wildman–Crippen MR) is 130 cm³/mol. The van der Waals surface area contributed by atoms with Crippen molar-refractivity contribution in [2.75, 3.05) is 13.2 Å². The Balaban J connectivity index is 0.000000247. The average molecular weight is 503 g/mol. The monoisotopic (exact) mass is 503 g/mol. The molecule has 0 aliphatic carbocycles. The maximum absolute atomic E-state index is 11.7. The van der Waals surface area contributed by atoms with Crippen molar-refractivity contribution < 1.29 is 37.6 Å². The maximum Gasteiger partial charge on any atom is 0.584 e. The Hall–Kier alpha value is -3.55. The molecule has 0 saturated heterocycles. The first-order chi connectivity index (χ1) is 16.7. The number of rotatable bonds is 8. The molecule has 188 valence electrons. The van der Waals surface area contributed by atoms with Crippen molar-refractivity contribution in [1.29, 1.82) is 0 Å². The summed E-state index contributed by atoms with van der Waals surface area (Å²) in [5.74, 6) is -0.211. The molecule has 0 spiro atoms. The Bertz CT molecular complexity index is 1030. The quantitative estimate of drug-likeness (QED) is 0.383. The number of phosphoric ester groups is 1. The van der Waals surface area contributed by atoms with Crippen LogP contribution in [0.4, 0.5) is 0 Å². The van der Waals surface area contributed by atoms with E-state index >= 15 is 0 Å². The van der Waals surface area contributed by atoms with Gasteiger partial charge in [0.05, 0.1) is 24.4 Å². The van der Waals surface area contributed by atoms with Gasteiger partial charge in [-0.1, -0.05) is 36.4 Å². The summed E-state index contributed by atoms with van der Waals surface area (Å²) in [4.78, 5) is 33.0. The fraction of sp³-hybridized carbons (Fsp3) is 0.280. The molecule has 2 aromatic carbocycles. The van der Waals surface area contributed by atoms with Crippen LogP contribution in [0.2, 0.25) is 0 Å². The van der Waals surface area contributed by atoms with Crippen LogP contribution in [-0.4, -0.2) is 30.0 Å². The summed E-state index contributed by atoms with van der Waals surface area (Å²) in [7, 11) is -4.14. The van der Waals surface area contributed by atoms with E-state index in [0.717, 1.165) is 11.4 Å². The normalized spacial score (nSPS) is 13.2. The van der Waals surface area contributed by atoms with E-state index in [4.69, 9.17) is 18.5 Å². The zero-order chi connectivity index (χ0) is 25.8. The number of ether oxygens (including phenoxy) is 2. The third kappa shape index (κ3) is 8.96.